The lowest BCUT2D eigenvalue weighted by atomic mass is 10.2. The van der Waals surface area contributed by atoms with Gasteiger partial charge in [-0.15, -0.1) is 0 Å². The monoisotopic (exact) mass is 499 g/mol. The number of ether oxygens (including phenoxy) is 2. The van der Waals surface area contributed by atoms with Crippen LogP contribution in [0.4, 0.5) is 5.69 Å². The van der Waals surface area contributed by atoms with Crippen LogP contribution in [0.2, 0.25) is 15.1 Å². The highest BCUT2D eigenvalue weighted by Gasteiger charge is 2.11. The molecule has 0 spiro atoms. The van der Waals surface area contributed by atoms with Crippen molar-refractivity contribution in [1.29, 1.82) is 0 Å². The molecule has 0 aliphatic heterocycles. The molecule has 3 aromatic rings. The highest BCUT2D eigenvalue weighted by molar-refractivity contribution is 9.10. The fourth-order valence-corrected chi connectivity index (χ4v) is 3.42. The van der Waals surface area contributed by atoms with Crippen LogP contribution in [0.1, 0.15) is 11.1 Å². The van der Waals surface area contributed by atoms with Gasteiger partial charge in [0.05, 0.1) is 17.2 Å². The first kappa shape index (κ1) is 21.1. The minimum atomic E-state index is 0.417. The molecule has 0 heterocycles. The van der Waals surface area contributed by atoms with Gasteiger partial charge in [0.1, 0.15) is 6.61 Å². The van der Waals surface area contributed by atoms with E-state index in [4.69, 9.17) is 44.3 Å². The Morgan fingerprint density at radius 2 is 1.64 bits per heavy atom. The molecule has 28 heavy (non-hydrogen) atoms. The number of hydrogen-bond acceptors (Lipinski definition) is 3. The Balaban J connectivity index is 1.71. The van der Waals surface area contributed by atoms with E-state index in [9.17, 15) is 0 Å². The van der Waals surface area contributed by atoms with E-state index in [0.29, 0.717) is 39.7 Å². The fourth-order valence-electron chi connectivity index (χ4n) is 2.53. The molecule has 0 aromatic heterocycles. The molecule has 0 atom stereocenters. The van der Waals surface area contributed by atoms with Crippen molar-refractivity contribution in [3.63, 3.8) is 0 Å². The zero-order chi connectivity index (χ0) is 20.1. The minimum Gasteiger partial charge on any atom is -0.493 e. The van der Waals surface area contributed by atoms with E-state index in [0.717, 1.165) is 21.3 Å². The van der Waals surface area contributed by atoms with Crippen LogP contribution in [0.15, 0.2) is 59.1 Å². The zero-order valence-corrected chi connectivity index (χ0v) is 18.8. The predicted octanol–water partition coefficient (Wildman–Crippen LogP) is 7.61. The molecule has 0 unspecified atom stereocenters. The Hall–Kier alpha value is -1.59. The van der Waals surface area contributed by atoms with Crippen LogP contribution in [-0.2, 0) is 13.2 Å². The molecule has 1 N–H and O–H groups in total. The van der Waals surface area contributed by atoms with Crippen LogP contribution in [0.3, 0.4) is 0 Å². The van der Waals surface area contributed by atoms with Crippen LogP contribution in [0.25, 0.3) is 0 Å². The van der Waals surface area contributed by atoms with Crippen molar-refractivity contribution in [2.45, 2.75) is 13.2 Å². The molecule has 3 aromatic carbocycles. The highest BCUT2D eigenvalue weighted by atomic mass is 79.9. The van der Waals surface area contributed by atoms with Gasteiger partial charge < -0.3 is 14.8 Å². The smallest absolute Gasteiger partial charge is 0.162 e. The number of benzene rings is 3. The van der Waals surface area contributed by atoms with Gasteiger partial charge in [0.2, 0.25) is 0 Å². The second-order valence-electron chi connectivity index (χ2n) is 5.99. The van der Waals surface area contributed by atoms with Gasteiger partial charge in [-0.05, 0) is 53.6 Å². The lowest BCUT2D eigenvalue weighted by Gasteiger charge is -2.15. The average Bonchev–Trinajstić information content (AvgIpc) is 2.69. The average molecular weight is 502 g/mol. The Labute approximate surface area is 187 Å². The lowest BCUT2D eigenvalue weighted by molar-refractivity contribution is 0.284. The molecular formula is C21H17BrCl3NO2. The number of hydrogen-bond donors (Lipinski definition) is 1. The second-order valence-corrected chi connectivity index (χ2v) is 8.10. The first-order chi connectivity index (χ1) is 13.5. The maximum Gasteiger partial charge on any atom is 0.162 e. The molecule has 0 radical (unpaired) electrons. The summed E-state index contributed by atoms with van der Waals surface area (Å²) in [5, 5.41) is 5.05. The molecular weight excluding hydrogens is 484 g/mol. The molecule has 0 aliphatic rings. The molecule has 0 amide bonds. The Morgan fingerprint density at radius 1 is 0.893 bits per heavy atom. The summed E-state index contributed by atoms with van der Waals surface area (Å²) in [5.41, 5.74) is 2.91. The summed E-state index contributed by atoms with van der Waals surface area (Å²) < 4.78 is 12.3. The van der Waals surface area contributed by atoms with E-state index in [1.807, 2.05) is 42.5 Å². The first-order valence-corrected chi connectivity index (χ1v) is 10.3. The summed E-state index contributed by atoms with van der Waals surface area (Å²) >= 11 is 21.5. The van der Waals surface area contributed by atoms with Crippen LogP contribution in [0, 0.1) is 0 Å². The van der Waals surface area contributed by atoms with Gasteiger partial charge >= 0.3 is 0 Å². The van der Waals surface area contributed by atoms with Gasteiger partial charge in [-0.3, -0.25) is 0 Å². The lowest BCUT2D eigenvalue weighted by Crippen LogP contribution is -2.03. The van der Waals surface area contributed by atoms with Crippen LogP contribution >= 0.6 is 50.7 Å². The zero-order valence-electron chi connectivity index (χ0n) is 14.9. The molecule has 0 bridgehead atoms. The van der Waals surface area contributed by atoms with Crippen molar-refractivity contribution in [2.75, 3.05) is 12.4 Å². The fraction of sp³-hybridized carbons (Fsp3) is 0.143. The third-order valence-electron chi connectivity index (χ3n) is 4.04. The van der Waals surface area contributed by atoms with Crippen LogP contribution < -0.4 is 14.8 Å². The summed E-state index contributed by atoms with van der Waals surface area (Å²) in [6.45, 7) is 0.993. The minimum absolute atomic E-state index is 0.417. The maximum atomic E-state index is 6.06. The van der Waals surface area contributed by atoms with Gasteiger partial charge in [0, 0.05) is 21.7 Å². The Kier molecular flexibility index (Phi) is 7.36. The summed E-state index contributed by atoms with van der Waals surface area (Å²) in [6, 6.07) is 16.8. The molecule has 0 saturated carbocycles. The van der Waals surface area contributed by atoms with Gasteiger partial charge in [-0.2, -0.15) is 0 Å². The molecule has 0 saturated heterocycles. The second kappa shape index (κ2) is 9.75. The molecule has 3 rings (SSSR count). The number of anilines is 1. The first-order valence-electron chi connectivity index (χ1n) is 8.39. The standard InChI is InChI=1S/C21H17BrCl3NO2/c1-27-20-8-14(11-26-16-6-7-18(24)19(25)9-16)17(22)10-21(20)28-12-13-2-4-15(23)5-3-13/h2-10,26H,11-12H2,1H3. The van der Waals surface area contributed by atoms with Gasteiger partial charge in [0.15, 0.2) is 11.5 Å². The summed E-state index contributed by atoms with van der Waals surface area (Å²) in [5.74, 6) is 1.31. The van der Waals surface area contributed by atoms with Gasteiger partial charge in [0.25, 0.3) is 0 Å². The van der Waals surface area contributed by atoms with E-state index < -0.39 is 0 Å². The third kappa shape index (κ3) is 5.48. The van der Waals surface area contributed by atoms with E-state index >= 15 is 0 Å². The highest BCUT2D eigenvalue weighted by Crippen LogP contribution is 2.35. The quantitative estimate of drug-likeness (QED) is 0.361. The normalized spacial score (nSPS) is 10.6. The Bertz CT molecular complexity index is 965. The van der Waals surface area contributed by atoms with Crippen molar-refractivity contribution in [3.05, 3.63) is 85.3 Å². The summed E-state index contributed by atoms with van der Waals surface area (Å²) in [6.07, 6.45) is 0. The van der Waals surface area contributed by atoms with E-state index in [1.54, 1.807) is 19.2 Å². The molecule has 0 fully saturated rings. The van der Waals surface area contributed by atoms with Crippen molar-refractivity contribution >= 4 is 56.4 Å². The number of rotatable bonds is 7. The van der Waals surface area contributed by atoms with Gasteiger partial charge in [-0.25, -0.2) is 0 Å². The third-order valence-corrected chi connectivity index (χ3v) is 5.77. The summed E-state index contributed by atoms with van der Waals surface area (Å²) in [4.78, 5) is 0. The van der Waals surface area contributed by atoms with Crippen molar-refractivity contribution in [3.8, 4) is 11.5 Å². The van der Waals surface area contributed by atoms with E-state index in [-0.39, 0.29) is 0 Å². The SMILES string of the molecule is COc1cc(CNc2ccc(Cl)c(Cl)c2)c(Br)cc1OCc1ccc(Cl)cc1. The number of nitrogens with one attached hydrogen (secondary N) is 1. The van der Waals surface area contributed by atoms with E-state index in [2.05, 4.69) is 21.2 Å². The van der Waals surface area contributed by atoms with Gasteiger partial charge in [-0.1, -0.05) is 62.9 Å². The predicted molar refractivity (Wildman–Crippen MR) is 120 cm³/mol. The Morgan fingerprint density at radius 3 is 2.32 bits per heavy atom. The topological polar surface area (TPSA) is 30.5 Å². The maximum absolute atomic E-state index is 6.06. The van der Waals surface area contributed by atoms with E-state index in [1.165, 1.54) is 0 Å². The molecule has 3 nitrogen and oxygen atoms in total. The van der Waals surface area contributed by atoms with Crippen molar-refractivity contribution in [1.82, 2.24) is 0 Å². The number of methoxy groups -OCH3 is 1. The van der Waals surface area contributed by atoms with Crippen LogP contribution in [0.5, 0.6) is 11.5 Å². The van der Waals surface area contributed by atoms with Crippen molar-refractivity contribution < 1.29 is 9.47 Å². The molecule has 7 heteroatoms. The number of halogens is 4. The summed E-state index contributed by atoms with van der Waals surface area (Å²) in [7, 11) is 1.62. The van der Waals surface area contributed by atoms with Crippen molar-refractivity contribution in [2.24, 2.45) is 0 Å². The molecule has 146 valence electrons. The largest absolute Gasteiger partial charge is 0.493 e. The molecule has 0 aliphatic carbocycles. The van der Waals surface area contributed by atoms with Crippen LogP contribution in [-0.4, -0.2) is 7.11 Å².